The van der Waals surface area contributed by atoms with Crippen molar-refractivity contribution in [3.8, 4) is 5.75 Å². The van der Waals surface area contributed by atoms with Crippen LogP contribution in [0.25, 0.3) is 0 Å². The number of halogens is 1. The summed E-state index contributed by atoms with van der Waals surface area (Å²) in [5.74, 6) is 1.87. The normalized spacial score (nSPS) is 29.9. The lowest BCUT2D eigenvalue weighted by Gasteiger charge is -2.36. The molecule has 1 fully saturated rings. The smallest absolute Gasteiger partial charge is 0.125 e. The first-order valence-corrected chi connectivity index (χ1v) is 7.66. The van der Waals surface area contributed by atoms with Crippen molar-refractivity contribution in [3.05, 3.63) is 28.3 Å². The maximum Gasteiger partial charge on any atom is 0.125 e. The zero-order chi connectivity index (χ0) is 13.5. The highest BCUT2D eigenvalue weighted by atomic mass is 35.5. The van der Waals surface area contributed by atoms with Crippen molar-refractivity contribution in [1.29, 1.82) is 0 Å². The largest absolute Gasteiger partial charge is 0.493 e. The predicted octanol–water partition coefficient (Wildman–Crippen LogP) is 3.73. The number of benzene rings is 1. The van der Waals surface area contributed by atoms with Crippen LogP contribution < -0.4 is 10.5 Å². The number of rotatable bonds is 2. The second kappa shape index (κ2) is 4.99. The van der Waals surface area contributed by atoms with Crippen LogP contribution in [0.2, 0.25) is 5.02 Å². The minimum atomic E-state index is -0.0725. The lowest BCUT2D eigenvalue weighted by atomic mass is 9.74. The van der Waals surface area contributed by atoms with Gasteiger partial charge >= 0.3 is 0 Å². The standard InChI is InChI=1S/C16H22ClNO/c1-11-2-5-16(18,6-3-11)10-13-9-14(17)8-12-4-7-19-15(12)13/h8-9,11H,2-7,10,18H2,1H3. The van der Waals surface area contributed by atoms with Crippen molar-refractivity contribution in [2.24, 2.45) is 11.7 Å². The number of hydrogen-bond donors (Lipinski definition) is 1. The van der Waals surface area contributed by atoms with Gasteiger partial charge in [0.2, 0.25) is 0 Å². The topological polar surface area (TPSA) is 35.2 Å². The zero-order valence-corrected chi connectivity index (χ0v) is 12.3. The Morgan fingerprint density at radius 3 is 2.84 bits per heavy atom. The minimum Gasteiger partial charge on any atom is -0.493 e. The van der Waals surface area contributed by atoms with Crippen LogP contribution in [0.3, 0.4) is 0 Å². The average Bonchev–Trinajstić information content (AvgIpc) is 2.81. The second-order valence-electron chi connectivity index (χ2n) is 6.37. The van der Waals surface area contributed by atoms with Crippen molar-refractivity contribution < 1.29 is 4.74 Å². The van der Waals surface area contributed by atoms with Gasteiger partial charge in [0, 0.05) is 17.0 Å². The Balaban J connectivity index is 1.83. The number of ether oxygens (including phenoxy) is 1. The first-order chi connectivity index (χ1) is 9.06. The van der Waals surface area contributed by atoms with Gasteiger partial charge in [-0.05, 0) is 61.3 Å². The molecule has 0 aromatic heterocycles. The monoisotopic (exact) mass is 279 g/mol. The van der Waals surface area contributed by atoms with Gasteiger partial charge in [-0.3, -0.25) is 0 Å². The molecular formula is C16H22ClNO. The van der Waals surface area contributed by atoms with Gasteiger partial charge in [0.15, 0.2) is 0 Å². The van der Waals surface area contributed by atoms with E-state index in [-0.39, 0.29) is 5.54 Å². The number of fused-ring (bicyclic) bond motifs is 1. The molecule has 0 amide bonds. The van der Waals surface area contributed by atoms with Gasteiger partial charge in [-0.25, -0.2) is 0 Å². The van der Waals surface area contributed by atoms with Crippen LogP contribution in [0.1, 0.15) is 43.7 Å². The Morgan fingerprint density at radius 2 is 2.11 bits per heavy atom. The molecule has 1 heterocycles. The van der Waals surface area contributed by atoms with E-state index in [1.54, 1.807) is 0 Å². The highest BCUT2D eigenvalue weighted by Gasteiger charge is 2.32. The van der Waals surface area contributed by atoms with Gasteiger partial charge in [-0.2, -0.15) is 0 Å². The van der Waals surface area contributed by atoms with Crippen molar-refractivity contribution in [1.82, 2.24) is 0 Å². The minimum absolute atomic E-state index is 0.0725. The van der Waals surface area contributed by atoms with Crippen LogP contribution in [-0.4, -0.2) is 12.1 Å². The summed E-state index contributed by atoms with van der Waals surface area (Å²) in [5.41, 5.74) is 8.98. The van der Waals surface area contributed by atoms with E-state index in [9.17, 15) is 0 Å². The Bertz CT molecular complexity index is 478. The fourth-order valence-electron chi connectivity index (χ4n) is 3.37. The molecule has 3 rings (SSSR count). The molecule has 0 spiro atoms. The summed E-state index contributed by atoms with van der Waals surface area (Å²) < 4.78 is 5.78. The molecule has 1 saturated carbocycles. The molecule has 0 radical (unpaired) electrons. The fourth-order valence-corrected chi connectivity index (χ4v) is 3.63. The van der Waals surface area contributed by atoms with E-state index in [4.69, 9.17) is 22.1 Å². The van der Waals surface area contributed by atoms with E-state index < -0.39 is 0 Å². The second-order valence-corrected chi connectivity index (χ2v) is 6.81. The third-order valence-corrected chi connectivity index (χ3v) is 4.86. The van der Waals surface area contributed by atoms with E-state index in [1.165, 1.54) is 24.0 Å². The quantitative estimate of drug-likeness (QED) is 0.895. The summed E-state index contributed by atoms with van der Waals surface area (Å²) in [6.07, 6.45) is 6.55. The molecular weight excluding hydrogens is 258 g/mol. The first kappa shape index (κ1) is 13.3. The Labute approximate surface area is 120 Å². The highest BCUT2D eigenvalue weighted by Crippen LogP contribution is 2.38. The molecule has 2 aliphatic rings. The van der Waals surface area contributed by atoms with Gasteiger partial charge in [0.1, 0.15) is 5.75 Å². The van der Waals surface area contributed by atoms with Gasteiger partial charge in [0.05, 0.1) is 6.61 Å². The molecule has 3 heteroatoms. The number of nitrogens with two attached hydrogens (primary N) is 1. The summed E-state index contributed by atoms with van der Waals surface area (Å²) in [5, 5.41) is 0.812. The van der Waals surface area contributed by atoms with Crippen LogP contribution in [0, 0.1) is 5.92 Å². The Morgan fingerprint density at radius 1 is 1.37 bits per heavy atom. The van der Waals surface area contributed by atoms with Crippen LogP contribution >= 0.6 is 11.6 Å². The highest BCUT2D eigenvalue weighted by molar-refractivity contribution is 6.30. The van der Waals surface area contributed by atoms with Crippen LogP contribution in [0.4, 0.5) is 0 Å². The fraction of sp³-hybridized carbons (Fsp3) is 0.625. The SMILES string of the molecule is CC1CCC(N)(Cc2cc(Cl)cc3c2OCC3)CC1. The Hall–Kier alpha value is -0.730. The van der Waals surface area contributed by atoms with Gasteiger partial charge in [-0.15, -0.1) is 0 Å². The van der Waals surface area contributed by atoms with Crippen LogP contribution in [-0.2, 0) is 12.8 Å². The molecule has 2 nitrogen and oxygen atoms in total. The van der Waals surface area contributed by atoms with Crippen molar-refractivity contribution in [3.63, 3.8) is 0 Å². The molecule has 0 atom stereocenters. The molecule has 1 aliphatic carbocycles. The lowest BCUT2D eigenvalue weighted by Crippen LogP contribution is -2.45. The van der Waals surface area contributed by atoms with Gasteiger partial charge in [-0.1, -0.05) is 18.5 Å². The van der Waals surface area contributed by atoms with Gasteiger partial charge < -0.3 is 10.5 Å². The third kappa shape index (κ3) is 2.75. The van der Waals surface area contributed by atoms with E-state index in [0.717, 1.165) is 49.0 Å². The molecule has 1 aromatic carbocycles. The molecule has 0 saturated heterocycles. The summed E-state index contributed by atoms with van der Waals surface area (Å²) in [6.45, 7) is 3.09. The summed E-state index contributed by atoms with van der Waals surface area (Å²) in [7, 11) is 0. The maximum absolute atomic E-state index is 6.60. The van der Waals surface area contributed by atoms with Crippen molar-refractivity contribution >= 4 is 11.6 Å². The first-order valence-electron chi connectivity index (χ1n) is 7.29. The summed E-state index contributed by atoms with van der Waals surface area (Å²) in [4.78, 5) is 0. The molecule has 104 valence electrons. The third-order valence-electron chi connectivity index (χ3n) is 4.64. The predicted molar refractivity (Wildman–Crippen MR) is 78.9 cm³/mol. The van der Waals surface area contributed by atoms with Crippen molar-refractivity contribution in [2.45, 2.75) is 51.0 Å². The average molecular weight is 280 g/mol. The van der Waals surface area contributed by atoms with Crippen LogP contribution in [0.5, 0.6) is 5.75 Å². The molecule has 0 bridgehead atoms. The molecule has 2 N–H and O–H groups in total. The van der Waals surface area contributed by atoms with E-state index in [0.29, 0.717) is 0 Å². The van der Waals surface area contributed by atoms with Gasteiger partial charge in [0.25, 0.3) is 0 Å². The van der Waals surface area contributed by atoms with E-state index >= 15 is 0 Å². The molecule has 1 aliphatic heterocycles. The maximum atomic E-state index is 6.60. The van der Waals surface area contributed by atoms with E-state index in [2.05, 4.69) is 6.92 Å². The van der Waals surface area contributed by atoms with Crippen LogP contribution in [0.15, 0.2) is 12.1 Å². The molecule has 0 unspecified atom stereocenters. The zero-order valence-electron chi connectivity index (χ0n) is 11.5. The Kier molecular flexibility index (Phi) is 3.48. The lowest BCUT2D eigenvalue weighted by molar-refractivity contribution is 0.241. The molecule has 1 aromatic rings. The molecule has 19 heavy (non-hydrogen) atoms. The summed E-state index contributed by atoms with van der Waals surface area (Å²) in [6, 6.07) is 4.07. The van der Waals surface area contributed by atoms with Crippen molar-refractivity contribution in [2.75, 3.05) is 6.61 Å². The van der Waals surface area contributed by atoms with E-state index in [1.807, 2.05) is 12.1 Å². The number of hydrogen-bond acceptors (Lipinski definition) is 2. The summed E-state index contributed by atoms with van der Waals surface area (Å²) >= 11 is 6.22.